The molecule has 2 amide bonds. The number of thioether (sulfide) groups is 2. The number of hydrogen-bond acceptors (Lipinski definition) is 5. The Labute approximate surface area is 120 Å². The minimum absolute atomic E-state index is 0.248. The molecule has 1 saturated heterocycles. The molecule has 0 saturated carbocycles. The van der Waals surface area contributed by atoms with Gasteiger partial charge < -0.3 is 5.73 Å². The van der Waals surface area contributed by atoms with E-state index >= 15 is 0 Å². The van der Waals surface area contributed by atoms with Crippen LogP contribution in [-0.4, -0.2) is 35.4 Å². The van der Waals surface area contributed by atoms with E-state index < -0.39 is 0 Å². The molecule has 1 aromatic carbocycles. The molecule has 1 aliphatic heterocycles. The third-order valence-electron chi connectivity index (χ3n) is 2.64. The summed E-state index contributed by atoms with van der Waals surface area (Å²) in [5.74, 6) is -0.255. The largest absolute Gasteiger partial charge is 0.329 e. The first-order chi connectivity index (χ1) is 9.15. The van der Waals surface area contributed by atoms with E-state index in [1.165, 1.54) is 4.90 Å². The Morgan fingerprint density at radius 1 is 1.32 bits per heavy atom. The fourth-order valence-electron chi connectivity index (χ4n) is 1.67. The van der Waals surface area contributed by atoms with Crippen molar-refractivity contribution < 1.29 is 9.59 Å². The highest BCUT2D eigenvalue weighted by atomic mass is 32.2. The zero-order valence-electron chi connectivity index (χ0n) is 10.5. The second-order valence-electron chi connectivity index (χ2n) is 3.90. The van der Waals surface area contributed by atoms with E-state index in [0.29, 0.717) is 4.91 Å². The average Bonchev–Trinajstić information content (AvgIpc) is 2.68. The lowest BCUT2D eigenvalue weighted by molar-refractivity contribution is -0.122. The molecule has 100 valence electrons. The van der Waals surface area contributed by atoms with Gasteiger partial charge in [-0.3, -0.25) is 14.5 Å². The van der Waals surface area contributed by atoms with Crippen LogP contribution in [0.1, 0.15) is 5.56 Å². The Kier molecular flexibility index (Phi) is 4.68. The summed E-state index contributed by atoms with van der Waals surface area (Å²) in [6.07, 6.45) is 3.75. The molecule has 1 fully saturated rings. The predicted octanol–water partition coefficient (Wildman–Crippen LogP) is 2.40. The molecule has 1 aromatic rings. The molecule has 2 rings (SSSR count). The highest BCUT2D eigenvalue weighted by Gasteiger charge is 2.34. The van der Waals surface area contributed by atoms with Crippen molar-refractivity contribution in [3.63, 3.8) is 0 Å². The quantitative estimate of drug-likeness (QED) is 0.682. The van der Waals surface area contributed by atoms with Gasteiger partial charge in [0.15, 0.2) is 0 Å². The van der Waals surface area contributed by atoms with Crippen LogP contribution in [0.4, 0.5) is 4.79 Å². The lowest BCUT2D eigenvalue weighted by Crippen LogP contribution is -2.33. The molecule has 0 unspecified atom stereocenters. The minimum atomic E-state index is -0.255. The smallest absolute Gasteiger partial charge is 0.293 e. The number of carbonyl (C=O) groups is 2. The molecule has 19 heavy (non-hydrogen) atoms. The summed E-state index contributed by atoms with van der Waals surface area (Å²) in [7, 11) is 0. The molecule has 6 heteroatoms. The van der Waals surface area contributed by atoms with Gasteiger partial charge in [-0.05, 0) is 41.8 Å². The van der Waals surface area contributed by atoms with Gasteiger partial charge in [-0.15, -0.1) is 11.8 Å². The third-order valence-corrected chi connectivity index (χ3v) is 4.29. The van der Waals surface area contributed by atoms with Crippen molar-refractivity contribution in [2.75, 3.05) is 19.3 Å². The molecule has 1 aliphatic rings. The zero-order chi connectivity index (χ0) is 13.8. The van der Waals surface area contributed by atoms with Gasteiger partial charge in [-0.2, -0.15) is 0 Å². The van der Waals surface area contributed by atoms with E-state index in [1.54, 1.807) is 17.8 Å². The normalized spacial score (nSPS) is 17.6. The molecular weight excluding hydrogens is 280 g/mol. The van der Waals surface area contributed by atoms with Crippen LogP contribution >= 0.6 is 23.5 Å². The van der Waals surface area contributed by atoms with Gasteiger partial charge in [-0.1, -0.05) is 12.1 Å². The number of amides is 2. The van der Waals surface area contributed by atoms with Crippen LogP contribution in [0.25, 0.3) is 6.08 Å². The summed E-state index contributed by atoms with van der Waals surface area (Å²) in [5, 5.41) is -0.248. The van der Waals surface area contributed by atoms with E-state index in [0.717, 1.165) is 22.2 Å². The number of hydrogen-bond donors (Lipinski definition) is 1. The third kappa shape index (κ3) is 3.20. The summed E-state index contributed by atoms with van der Waals surface area (Å²) in [6, 6.07) is 7.84. The van der Waals surface area contributed by atoms with Gasteiger partial charge in [0, 0.05) is 18.0 Å². The number of nitrogens with zero attached hydrogens (tertiary/aromatic N) is 1. The predicted molar refractivity (Wildman–Crippen MR) is 80.0 cm³/mol. The van der Waals surface area contributed by atoms with Crippen LogP contribution in [-0.2, 0) is 4.79 Å². The number of carbonyl (C=O) groups excluding carboxylic acids is 2. The summed E-state index contributed by atoms with van der Waals surface area (Å²) in [4.78, 5) is 26.4. The molecule has 2 N–H and O–H groups in total. The van der Waals surface area contributed by atoms with E-state index in [9.17, 15) is 9.59 Å². The number of nitrogens with two attached hydrogens (primary N) is 1. The molecule has 0 bridgehead atoms. The van der Waals surface area contributed by atoms with Crippen LogP contribution in [0.3, 0.4) is 0 Å². The first-order valence-corrected chi connectivity index (χ1v) is 7.79. The maximum Gasteiger partial charge on any atom is 0.293 e. The van der Waals surface area contributed by atoms with Crippen molar-refractivity contribution in [3.05, 3.63) is 34.7 Å². The van der Waals surface area contributed by atoms with Gasteiger partial charge >= 0.3 is 0 Å². The Hall–Kier alpha value is -1.24. The lowest BCUT2D eigenvalue weighted by atomic mass is 10.2. The molecule has 1 heterocycles. The molecule has 0 aliphatic carbocycles. The van der Waals surface area contributed by atoms with Crippen molar-refractivity contribution in [1.82, 2.24) is 4.90 Å². The van der Waals surface area contributed by atoms with E-state index in [2.05, 4.69) is 0 Å². The van der Waals surface area contributed by atoms with Crippen molar-refractivity contribution in [2.45, 2.75) is 4.90 Å². The van der Waals surface area contributed by atoms with Crippen molar-refractivity contribution in [2.24, 2.45) is 5.73 Å². The maximum atomic E-state index is 12.0. The highest BCUT2D eigenvalue weighted by Crippen LogP contribution is 2.32. The topological polar surface area (TPSA) is 63.4 Å². The maximum absolute atomic E-state index is 12.0. The molecule has 0 atom stereocenters. The Balaban J connectivity index is 2.19. The number of benzene rings is 1. The summed E-state index contributed by atoms with van der Waals surface area (Å²) < 4.78 is 0. The standard InChI is InChI=1S/C13H14N2O2S2/c1-18-10-4-2-9(3-5-10)8-11-12(16)15(7-6-14)13(17)19-11/h2-5,8H,6-7,14H2,1H3/b11-8-. The first kappa shape index (κ1) is 14.2. The first-order valence-electron chi connectivity index (χ1n) is 5.75. The Bertz CT molecular complexity index is 526. The molecular formula is C13H14N2O2S2. The SMILES string of the molecule is CSc1ccc(/C=C2\SC(=O)N(CCN)C2=O)cc1. The molecule has 0 aromatic heterocycles. The molecule has 0 radical (unpaired) electrons. The second-order valence-corrected chi connectivity index (χ2v) is 5.77. The summed E-state index contributed by atoms with van der Waals surface area (Å²) in [5.41, 5.74) is 6.30. The van der Waals surface area contributed by atoms with Gasteiger partial charge in [0.25, 0.3) is 11.1 Å². The zero-order valence-corrected chi connectivity index (χ0v) is 12.1. The Morgan fingerprint density at radius 3 is 2.58 bits per heavy atom. The van der Waals surface area contributed by atoms with Gasteiger partial charge in [0.2, 0.25) is 0 Å². The van der Waals surface area contributed by atoms with Gasteiger partial charge in [-0.25, -0.2) is 0 Å². The highest BCUT2D eigenvalue weighted by molar-refractivity contribution is 8.18. The average molecular weight is 294 g/mol. The van der Waals surface area contributed by atoms with Gasteiger partial charge in [0.05, 0.1) is 4.91 Å². The van der Waals surface area contributed by atoms with Crippen molar-refractivity contribution in [1.29, 1.82) is 0 Å². The van der Waals surface area contributed by atoms with E-state index in [4.69, 9.17) is 5.73 Å². The summed E-state index contributed by atoms with van der Waals surface area (Å²) in [6.45, 7) is 0.557. The number of rotatable bonds is 4. The summed E-state index contributed by atoms with van der Waals surface area (Å²) >= 11 is 2.62. The van der Waals surface area contributed by atoms with Crippen molar-refractivity contribution in [3.8, 4) is 0 Å². The monoisotopic (exact) mass is 294 g/mol. The molecule has 4 nitrogen and oxygen atoms in total. The Morgan fingerprint density at radius 2 is 2.00 bits per heavy atom. The fraction of sp³-hybridized carbons (Fsp3) is 0.231. The van der Waals surface area contributed by atoms with Crippen LogP contribution in [0.5, 0.6) is 0 Å². The van der Waals surface area contributed by atoms with E-state index in [-0.39, 0.29) is 24.2 Å². The van der Waals surface area contributed by atoms with Gasteiger partial charge in [0.1, 0.15) is 0 Å². The van der Waals surface area contributed by atoms with Crippen LogP contribution in [0, 0.1) is 0 Å². The van der Waals surface area contributed by atoms with Crippen LogP contribution in [0.15, 0.2) is 34.1 Å². The second kappa shape index (κ2) is 6.27. The van der Waals surface area contributed by atoms with Crippen LogP contribution < -0.4 is 5.73 Å². The fourth-order valence-corrected chi connectivity index (χ4v) is 2.95. The molecule has 0 spiro atoms. The van der Waals surface area contributed by atoms with Crippen LogP contribution in [0.2, 0.25) is 0 Å². The van der Waals surface area contributed by atoms with E-state index in [1.807, 2.05) is 30.5 Å². The van der Waals surface area contributed by atoms with Crippen molar-refractivity contribution >= 4 is 40.7 Å². The minimum Gasteiger partial charge on any atom is -0.329 e. The number of imide groups is 1. The lowest BCUT2D eigenvalue weighted by Gasteiger charge is -2.09.